The second kappa shape index (κ2) is 19.4. The first-order valence-electron chi connectivity index (χ1n) is 16.2. The summed E-state index contributed by atoms with van der Waals surface area (Å²) in [5, 5.41) is 10.8. The number of hydrogen-bond donors (Lipinski definition) is 2. The Hall–Kier alpha value is -3.43. The van der Waals surface area contributed by atoms with Gasteiger partial charge in [-0.25, -0.2) is 17.9 Å². The molecule has 278 valence electrons. The summed E-state index contributed by atoms with van der Waals surface area (Å²) in [6.07, 6.45) is -2.25. The Morgan fingerprint density at radius 3 is 2.00 bits per heavy atom. The number of nitrogens with zero attached hydrogens (tertiary/aromatic N) is 3. The highest BCUT2D eigenvalue weighted by molar-refractivity contribution is 7.89. The zero-order valence-corrected chi connectivity index (χ0v) is 32.0. The van der Waals surface area contributed by atoms with Crippen LogP contribution < -0.4 is 9.62 Å². The van der Waals surface area contributed by atoms with Crippen LogP contribution in [0.15, 0.2) is 77.7 Å². The summed E-state index contributed by atoms with van der Waals surface area (Å²) in [5.74, 6) is -1.39. The van der Waals surface area contributed by atoms with Crippen LogP contribution in [0, 0.1) is 0 Å². The van der Waals surface area contributed by atoms with E-state index in [-0.39, 0.29) is 44.8 Å². The van der Waals surface area contributed by atoms with E-state index in [4.69, 9.17) is 44.3 Å². The van der Waals surface area contributed by atoms with E-state index in [1.165, 1.54) is 36.1 Å². The highest BCUT2D eigenvalue weighted by atomic mass is 35.5. The Morgan fingerprint density at radius 1 is 0.824 bits per heavy atom. The van der Waals surface area contributed by atoms with Gasteiger partial charge in [-0.2, -0.15) is 0 Å². The molecule has 0 saturated carbocycles. The van der Waals surface area contributed by atoms with E-state index in [2.05, 4.69) is 4.72 Å². The first kappa shape index (κ1) is 42.0. The lowest BCUT2D eigenvalue weighted by molar-refractivity contribution is -0.162. The van der Waals surface area contributed by atoms with Gasteiger partial charge in [0.1, 0.15) is 17.0 Å². The van der Waals surface area contributed by atoms with Crippen molar-refractivity contribution in [3.8, 4) is 0 Å². The number of anilines is 1. The number of ether oxygens (including phenoxy) is 2. The Balaban J connectivity index is 2.15. The molecule has 0 heterocycles. The standard InChI is InChI=1S/C35H43Cl3N4O8S/c1-6-49-32(50-7-2)22-40(23(3)4)33(43)24(5)42(28-15-11-14-26(36)18-28)34(44)30(41(35(45)46)21-25-12-9-8-10-13-25)20-39-51(47,48)31-17-16-27(37)19-29(31)38/h8-19,23-24,30,32,39H,6-7,20-22H2,1-5H3,(H,45,46). The number of benzene rings is 3. The van der Waals surface area contributed by atoms with E-state index in [9.17, 15) is 27.9 Å². The van der Waals surface area contributed by atoms with Crippen LogP contribution in [0.1, 0.15) is 40.2 Å². The fourth-order valence-electron chi connectivity index (χ4n) is 5.30. The lowest BCUT2D eigenvalue weighted by atomic mass is 10.1. The lowest BCUT2D eigenvalue weighted by Crippen LogP contribution is -2.60. The summed E-state index contributed by atoms with van der Waals surface area (Å²) in [7, 11) is -4.41. The highest BCUT2D eigenvalue weighted by Crippen LogP contribution is 2.27. The number of carbonyl (C=O) groups excluding carboxylic acids is 2. The van der Waals surface area contributed by atoms with Gasteiger partial charge in [-0.1, -0.05) is 71.2 Å². The van der Waals surface area contributed by atoms with Gasteiger partial charge in [0.15, 0.2) is 6.29 Å². The van der Waals surface area contributed by atoms with Crippen LogP contribution >= 0.6 is 34.8 Å². The highest BCUT2D eigenvalue weighted by Gasteiger charge is 2.40. The maximum atomic E-state index is 14.9. The third-order valence-corrected chi connectivity index (χ3v) is 10.2. The molecular formula is C35H43Cl3N4O8S. The molecule has 2 atom stereocenters. The average molecular weight is 786 g/mol. The van der Waals surface area contributed by atoms with Crippen LogP contribution in [-0.2, 0) is 35.6 Å². The molecule has 0 bridgehead atoms. The average Bonchev–Trinajstić information content (AvgIpc) is 3.06. The van der Waals surface area contributed by atoms with Crippen molar-refractivity contribution in [2.75, 3.05) is 31.2 Å². The smallest absolute Gasteiger partial charge is 0.408 e. The Labute approximate surface area is 314 Å². The van der Waals surface area contributed by atoms with Gasteiger partial charge in [-0.05, 0) is 76.6 Å². The monoisotopic (exact) mass is 784 g/mol. The van der Waals surface area contributed by atoms with Crippen LogP contribution in [-0.4, -0.2) is 92.0 Å². The van der Waals surface area contributed by atoms with Crippen molar-refractivity contribution in [2.45, 2.75) is 70.5 Å². The van der Waals surface area contributed by atoms with Gasteiger partial charge in [0.2, 0.25) is 15.9 Å². The van der Waals surface area contributed by atoms with Crippen LogP contribution in [0.3, 0.4) is 0 Å². The molecule has 0 saturated heterocycles. The second-order valence-corrected chi connectivity index (χ2v) is 14.6. The first-order valence-corrected chi connectivity index (χ1v) is 18.8. The van der Waals surface area contributed by atoms with Crippen molar-refractivity contribution < 1.29 is 37.4 Å². The Bertz CT molecular complexity index is 1740. The number of sulfonamides is 1. The fraction of sp³-hybridized carbons (Fsp3) is 0.400. The van der Waals surface area contributed by atoms with E-state index in [0.29, 0.717) is 18.8 Å². The molecule has 0 aromatic heterocycles. The Kier molecular flexibility index (Phi) is 16.0. The maximum Gasteiger partial charge on any atom is 0.408 e. The normalized spacial score (nSPS) is 12.8. The van der Waals surface area contributed by atoms with Crippen LogP contribution in [0.4, 0.5) is 10.5 Å². The van der Waals surface area contributed by atoms with Crippen molar-refractivity contribution in [1.29, 1.82) is 0 Å². The third kappa shape index (κ3) is 11.5. The van der Waals surface area contributed by atoms with Crippen LogP contribution in [0.5, 0.6) is 0 Å². The van der Waals surface area contributed by atoms with Crippen molar-refractivity contribution in [3.05, 3.63) is 93.4 Å². The summed E-state index contributed by atoms with van der Waals surface area (Å²) in [5.41, 5.74) is 0.713. The number of halogens is 3. The summed E-state index contributed by atoms with van der Waals surface area (Å²) >= 11 is 18.5. The van der Waals surface area contributed by atoms with E-state index in [0.717, 1.165) is 9.80 Å². The van der Waals surface area contributed by atoms with Gasteiger partial charge in [-0.15, -0.1) is 0 Å². The molecule has 3 aromatic rings. The largest absolute Gasteiger partial charge is 0.465 e. The van der Waals surface area contributed by atoms with Crippen LogP contribution in [0.2, 0.25) is 15.1 Å². The summed E-state index contributed by atoms with van der Waals surface area (Å²) in [4.78, 5) is 45.3. The third-order valence-electron chi connectivity index (χ3n) is 7.78. The minimum Gasteiger partial charge on any atom is -0.465 e. The van der Waals surface area contributed by atoms with E-state index in [1.807, 2.05) is 0 Å². The number of hydrogen-bond acceptors (Lipinski definition) is 7. The number of amides is 3. The number of nitrogens with one attached hydrogen (secondary N) is 1. The van der Waals surface area contributed by atoms with Crippen molar-refractivity contribution in [1.82, 2.24) is 14.5 Å². The molecular weight excluding hydrogens is 743 g/mol. The topological polar surface area (TPSA) is 146 Å². The first-order chi connectivity index (χ1) is 24.1. The molecule has 0 aliphatic carbocycles. The zero-order chi connectivity index (χ0) is 37.9. The Morgan fingerprint density at radius 2 is 1.45 bits per heavy atom. The summed E-state index contributed by atoms with van der Waals surface area (Å²) in [6, 6.07) is 15.1. The van der Waals surface area contributed by atoms with Gasteiger partial charge in [0.25, 0.3) is 5.91 Å². The molecule has 2 N–H and O–H groups in total. The summed E-state index contributed by atoms with van der Waals surface area (Å²) < 4.78 is 40.8. The molecule has 12 nitrogen and oxygen atoms in total. The molecule has 0 fully saturated rings. The summed E-state index contributed by atoms with van der Waals surface area (Å²) in [6.45, 7) is 8.41. The molecule has 0 aliphatic rings. The van der Waals surface area contributed by atoms with Gasteiger partial charge >= 0.3 is 6.09 Å². The molecule has 3 rings (SSSR count). The van der Waals surface area contributed by atoms with E-state index >= 15 is 0 Å². The molecule has 3 aromatic carbocycles. The quantitative estimate of drug-likeness (QED) is 0.139. The molecule has 0 aliphatic heterocycles. The van der Waals surface area contributed by atoms with Crippen molar-refractivity contribution >= 4 is 68.4 Å². The van der Waals surface area contributed by atoms with E-state index in [1.54, 1.807) is 76.2 Å². The predicted molar refractivity (Wildman–Crippen MR) is 198 cm³/mol. The molecule has 51 heavy (non-hydrogen) atoms. The van der Waals surface area contributed by atoms with E-state index < -0.39 is 52.8 Å². The molecule has 0 radical (unpaired) electrons. The van der Waals surface area contributed by atoms with Gasteiger partial charge < -0.3 is 19.5 Å². The molecule has 16 heteroatoms. The number of carboxylic acid groups (broad SMARTS) is 1. The molecule has 2 unspecified atom stereocenters. The van der Waals surface area contributed by atoms with Crippen molar-refractivity contribution in [2.24, 2.45) is 0 Å². The minimum atomic E-state index is -4.41. The number of rotatable bonds is 18. The number of carbonyl (C=O) groups is 3. The lowest BCUT2D eigenvalue weighted by Gasteiger charge is -2.39. The SMILES string of the molecule is CCOC(CN(C(=O)C(C)N(C(=O)C(CNS(=O)(=O)c1ccc(Cl)cc1Cl)N(Cc1ccccc1)C(=O)O)c1cccc(Cl)c1)C(C)C)OCC. The zero-order valence-electron chi connectivity index (χ0n) is 29.0. The van der Waals surface area contributed by atoms with Gasteiger partial charge in [0.05, 0.1) is 11.6 Å². The molecule has 3 amide bonds. The predicted octanol–water partition coefficient (Wildman–Crippen LogP) is 6.53. The second-order valence-electron chi connectivity index (χ2n) is 11.6. The fourth-order valence-corrected chi connectivity index (χ4v) is 7.29. The van der Waals surface area contributed by atoms with Gasteiger partial charge in [-0.3, -0.25) is 19.4 Å². The van der Waals surface area contributed by atoms with Gasteiger partial charge in [0, 0.05) is 48.1 Å². The van der Waals surface area contributed by atoms with Crippen LogP contribution in [0.25, 0.3) is 0 Å². The molecule has 0 spiro atoms. The maximum absolute atomic E-state index is 14.9. The van der Waals surface area contributed by atoms with Crippen molar-refractivity contribution in [3.63, 3.8) is 0 Å². The minimum absolute atomic E-state index is 0.0421.